The highest BCUT2D eigenvalue weighted by Crippen LogP contribution is 2.28. The number of rotatable bonds is 4. The zero-order chi connectivity index (χ0) is 12.3. The molecule has 5 heteroatoms. The van der Waals surface area contributed by atoms with Gasteiger partial charge in [0.25, 0.3) is 0 Å². The standard InChI is InChI=1S/C11H18N2O3/c1-6-10(14)13(11(3,4)15-5)9-7-12-16-8(9)2/h7H,6H2,1-5H3. The second-order valence-corrected chi connectivity index (χ2v) is 4.00. The summed E-state index contributed by atoms with van der Waals surface area (Å²) in [5.74, 6) is 0.574. The van der Waals surface area contributed by atoms with Crippen LogP contribution in [-0.2, 0) is 9.53 Å². The highest BCUT2D eigenvalue weighted by atomic mass is 16.5. The fourth-order valence-electron chi connectivity index (χ4n) is 1.48. The topological polar surface area (TPSA) is 55.6 Å². The van der Waals surface area contributed by atoms with E-state index < -0.39 is 5.72 Å². The van der Waals surface area contributed by atoms with Crippen molar-refractivity contribution in [2.75, 3.05) is 12.0 Å². The molecule has 0 saturated carbocycles. The maximum Gasteiger partial charge on any atom is 0.229 e. The van der Waals surface area contributed by atoms with Crippen LogP contribution >= 0.6 is 0 Å². The van der Waals surface area contributed by atoms with Crippen LogP contribution in [-0.4, -0.2) is 23.9 Å². The fourth-order valence-corrected chi connectivity index (χ4v) is 1.48. The average molecular weight is 226 g/mol. The van der Waals surface area contributed by atoms with Crippen molar-refractivity contribution in [1.29, 1.82) is 0 Å². The minimum atomic E-state index is -0.719. The largest absolute Gasteiger partial charge is 0.359 e. The summed E-state index contributed by atoms with van der Waals surface area (Å²) in [6.45, 7) is 7.23. The van der Waals surface area contributed by atoms with E-state index in [0.717, 1.165) is 0 Å². The number of carbonyl (C=O) groups is 1. The summed E-state index contributed by atoms with van der Waals surface area (Å²) in [7, 11) is 1.57. The minimum absolute atomic E-state index is 0.0295. The Morgan fingerprint density at radius 1 is 1.62 bits per heavy atom. The highest BCUT2D eigenvalue weighted by molar-refractivity contribution is 5.94. The molecule has 0 unspecified atom stereocenters. The second kappa shape index (κ2) is 4.65. The molecule has 0 fully saturated rings. The number of methoxy groups -OCH3 is 1. The lowest BCUT2D eigenvalue weighted by atomic mass is 10.2. The van der Waals surface area contributed by atoms with Gasteiger partial charge in [-0.1, -0.05) is 12.1 Å². The van der Waals surface area contributed by atoms with E-state index >= 15 is 0 Å². The lowest BCUT2D eigenvalue weighted by Gasteiger charge is -2.36. The number of hydrogen-bond acceptors (Lipinski definition) is 4. The third kappa shape index (κ3) is 2.24. The van der Waals surface area contributed by atoms with Crippen LogP contribution in [0.3, 0.4) is 0 Å². The van der Waals surface area contributed by atoms with Crippen molar-refractivity contribution < 1.29 is 14.1 Å². The van der Waals surface area contributed by atoms with Crippen LogP contribution in [0.2, 0.25) is 0 Å². The number of ether oxygens (including phenoxy) is 1. The SMILES string of the molecule is CCC(=O)N(c1cnoc1C)C(C)(C)OC. The molecule has 1 amide bonds. The number of amides is 1. The Labute approximate surface area is 95.4 Å². The van der Waals surface area contributed by atoms with Gasteiger partial charge in [0, 0.05) is 13.5 Å². The van der Waals surface area contributed by atoms with E-state index in [1.54, 1.807) is 18.9 Å². The van der Waals surface area contributed by atoms with Crippen molar-refractivity contribution in [2.24, 2.45) is 0 Å². The van der Waals surface area contributed by atoms with Gasteiger partial charge in [0.1, 0.15) is 11.4 Å². The van der Waals surface area contributed by atoms with E-state index in [-0.39, 0.29) is 5.91 Å². The molecule has 0 radical (unpaired) electrons. The van der Waals surface area contributed by atoms with E-state index in [1.165, 1.54) is 6.20 Å². The van der Waals surface area contributed by atoms with Gasteiger partial charge in [-0.3, -0.25) is 9.69 Å². The van der Waals surface area contributed by atoms with Crippen molar-refractivity contribution in [3.8, 4) is 0 Å². The predicted molar refractivity (Wildman–Crippen MR) is 60.1 cm³/mol. The summed E-state index contributed by atoms with van der Waals surface area (Å²) >= 11 is 0. The lowest BCUT2D eigenvalue weighted by molar-refractivity contribution is -0.123. The molecule has 1 aromatic heterocycles. The summed E-state index contributed by atoms with van der Waals surface area (Å²) in [5, 5.41) is 3.68. The van der Waals surface area contributed by atoms with Gasteiger partial charge in [-0.15, -0.1) is 0 Å². The molecule has 16 heavy (non-hydrogen) atoms. The summed E-state index contributed by atoms with van der Waals surface area (Å²) in [6.07, 6.45) is 1.93. The number of carbonyl (C=O) groups excluding carboxylic acids is 1. The quantitative estimate of drug-likeness (QED) is 0.738. The van der Waals surface area contributed by atoms with Crippen LogP contribution in [0.5, 0.6) is 0 Å². The van der Waals surface area contributed by atoms with Crippen molar-refractivity contribution in [1.82, 2.24) is 5.16 Å². The van der Waals surface area contributed by atoms with E-state index in [2.05, 4.69) is 5.16 Å². The third-order valence-corrected chi connectivity index (χ3v) is 2.56. The Hall–Kier alpha value is -1.36. The molecular formula is C11H18N2O3. The van der Waals surface area contributed by atoms with Crippen LogP contribution in [0, 0.1) is 6.92 Å². The molecule has 0 aliphatic rings. The molecular weight excluding hydrogens is 208 g/mol. The van der Waals surface area contributed by atoms with Crippen molar-refractivity contribution >= 4 is 11.6 Å². The first-order chi connectivity index (χ1) is 7.44. The molecule has 5 nitrogen and oxygen atoms in total. The highest BCUT2D eigenvalue weighted by Gasteiger charge is 2.33. The molecule has 1 aromatic rings. The maximum atomic E-state index is 11.9. The Kier molecular flexibility index (Phi) is 3.70. The van der Waals surface area contributed by atoms with E-state index in [9.17, 15) is 4.79 Å². The van der Waals surface area contributed by atoms with Gasteiger partial charge >= 0.3 is 0 Å². The maximum absolute atomic E-state index is 11.9. The zero-order valence-electron chi connectivity index (χ0n) is 10.4. The fraction of sp³-hybridized carbons (Fsp3) is 0.636. The zero-order valence-corrected chi connectivity index (χ0v) is 10.4. The number of aromatic nitrogens is 1. The van der Waals surface area contributed by atoms with Crippen LogP contribution in [0.15, 0.2) is 10.7 Å². The smallest absolute Gasteiger partial charge is 0.229 e. The number of hydrogen-bond donors (Lipinski definition) is 0. The molecule has 0 spiro atoms. The van der Waals surface area contributed by atoms with Gasteiger partial charge in [-0.2, -0.15) is 0 Å². The first kappa shape index (κ1) is 12.7. The number of nitrogens with zero attached hydrogens (tertiary/aromatic N) is 2. The van der Waals surface area contributed by atoms with Crippen LogP contribution in [0.4, 0.5) is 5.69 Å². The number of aryl methyl sites for hydroxylation is 1. The van der Waals surface area contributed by atoms with Gasteiger partial charge in [0.05, 0.1) is 6.20 Å². The Balaban J connectivity index is 3.17. The van der Waals surface area contributed by atoms with Crippen molar-refractivity contribution in [3.05, 3.63) is 12.0 Å². The average Bonchev–Trinajstić information content (AvgIpc) is 2.64. The molecule has 0 saturated heterocycles. The molecule has 90 valence electrons. The van der Waals surface area contributed by atoms with Crippen LogP contribution in [0.25, 0.3) is 0 Å². The summed E-state index contributed by atoms with van der Waals surface area (Å²) in [4.78, 5) is 13.5. The molecule has 1 rings (SSSR count). The molecule has 0 aromatic carbocycles. The van der Waals surface area contributed by atoms with Crippen molar-refractivity contribution in [2.45, 2.75) is 39.8 Å². The van der Waals surface area contributed by atoms with Gasteiger partial charge < -0.3 is 9.26 Å². The van der Waals surface area contributed by atoms with Gasteiger partial charge in [-0.25, -0.2) is 0 Å². The monoisotopic (exact) mass is 226 g/mol. The molecule has 0 aliphatic carbocycles. The van der Waals surface area contributed by atoms with Crippen LogP contribution in [0.1, 0.15) is 33.0 Å². The van der Waals surface area contributed by atoms with Gasteiger partial charge in [0.15, 0.2) is 5.76 Å². The minimum Gasteiger partial charge on any atom is -0.359 e. The summed E-state index contributed by atoms with van der Waals surface area (Å²) < 4.78 is 10.3. The molecule has 0 bridgehead atoms. The molecule has 0 aliphatic heterocycles. The molecule has 0 N–H and O–H groups in total. The van der Waals surface area contributed by atoms with Gasteiger partial charge in [-0.05, 0) is 20.8 Å². The van der Waals surface area contributed by atoms with Crippen LogP contribution < -0.4 is 4.90 Å². The Bertz CT molecular complexity index is 371. The lowest BCUT2D eigenvalue weighted by Crippen LogP contribution is -2.49. The molecule has 0 atom stereocenters. The normalized spacial score (nSPS) is 11.6. The van der Waals surface area contributed by atoms with Crippen molar-refractivity contribution in [3.63, 3.8) is 0 Å². The van der Waals surface area contributed by atoms with E-state index in [0.29, 0.717) is 17.9 Å². The van der Waals surface area contributed by atoms with E-state index in [4.69, 9.17) is 9.26 Å². The number of anilines is 1. The second-order valence-electron chi connectivity index (χ2n) is 4.00. The first-order valence-electron chi connectivity index (χ1n) is 5.23. The van der Waals surface area contributed by atoms with E-state index in [1.807, 2.05) is 20.8 Å². The summed E-state index contributed by atoms with van der Waals surface area (Å²) in [5.41, 5.74) is -0.0673. The Morgan fingerprint density at radius 3 is 2.62 bits per heavy atom. The summed E-state index contributed by atoms with van der Waals surface area (Å²) in [6, 6.07) is 0. The predicted octanol–water partition coefficient (Wildman–Crippen LogP) is 2.11. The molecule has 1 heterocycles. The van der Waals surface area contributed by atoms with Gasteiger partial charge in [0.2, 0.25) is 5.91 Å². The third-order valence-electron chi connectivity index (χ3n) is 2.56. The Morgan fingerprint density at radius 2 is 2.25 bits per heavy atom. The first-order valence-corrected chi connectivity index (χ1v) is 5.23.